The molecule has 2 fully saturated rings. The van der Waals surface area contributed by atoms with Crippen molar-refractivity contribution in [1.82, 2.24) is 0 Å². The van der Waals surface area contributed by atoms with E-state index in [4.69, 9.17) is 15.2 Å². The molecular formula is C17H35NO2Si. The molecule has 0 aromatic heterocycles. The van der Waals surface area contributed by atoms with Crippen LogP contribution in [-0.4, -0.2) is 34.6 Å². The molecule has 124 valence electrons. The van der Waals surface area contributed by atoms with Crippen molar-refractivity contribution in [1.29, 1.82) is 0 Å². The van der Waals surface area contributed by atoms with Crippen LogP contribution in [0.4, 0.5) is 0 Å². The zero-order valence-electron chi connectivity index (χ0n) is 13.7. The minimum Gasteiger partial charge on any atom is -0.350 e. The van der Waals surface area contributed by atoms with Gasteiger partial charge in [-0.25, -0.2) is 0 Å². The van der Waals surface area contributed by atoms with Crippen molar-refractivity contribution in [3.05, 3.63) is 0 Å². The van der Waals surface area contributed by atoms with Crippen LogP contribution < -0.4 is 5.73 Å². The molecule has 2 N–H and O–H groups in total. The van der Waals surface area contributed by atoms with Gasteiger partial charge in [0.15, 0.2) is 6.29 Å². The first-order chi connectivity index (χ1) is 10.4. The van der Waals surface area contributed by atoms with Gasteiger partial charge in [0.25, 0.3) is 0 Å². The maximum absolute atomic E-state index is 6.36. The van der Waals surface area contributed by atoms with Crippen molar-refractivity contribution >= 4 is 9.52 Å². The standard InChI is InChI=1S/C17H35NO2Si/c18-12-7-13-21-14-17(19-15-8-3-1-4-9-15)20-16-10-5-2-6-11-16/h15-17H,1-14,18,21H2. The molecule has 2 saturated carbocycles. The van der Waals surface area contributed by atoms with Gasteiger partial charge in [-0.1, -0.05) is 44.6 Å². The first-order valence-corrected chi connectivity index (χ1v) is 11.4. The second-order valence-corrected chi connectivity index (χ2v) is 8.85. The third kappa shape index (κ3) is 7.27. The van der Waals surface area contributed by atoms with Crippen LogP contribution in [0.5, 0.6) is 0 Å². The zero-order chi connectivity index (χ0) is 14.8. The summed E-state index contributed by atoms with van der Waals surface area (Å²) in [6.45, 7) is 0.838. The predicted octanol–water partition coefficient (Wildman–Crippen LogP) is 3.37. The van der Waals surface area contributed by atoms with Crippen molar-refractivity contribution in [2.45, 2.75) is 101 Å². The van der Waals surface area contributed by atoms with Gasteiger partial charge in [0.05, 0.1) is 12.2 Å². The monoisotopic (exact) mass is 313 g/mol. The van der Waals surface area contributed by atoms with E-state index in [1.807, 2.05) is 0 Å². The molecule has 0 atom stereocenters. The topological polar surface area (TPSA) is 44.5 Å². The van der Waals surface area contributed by atoms with Crippen LogP contribution in [0.15, 0.2) is 0 Å². The maximum Gasteiger partial charge on any atom is 0.155 e. The highest BCUT2D eigenvalue weighted by Gasteiger charge is 2.23. The molecule has 0 bridgehead atoms. The van der Waals surface area contributed by atoms with E-state index in [0.717, 1.165) is 6.54 Å². The number of rotatable bonds is 9. The quantitative estimate of drug-likeness (QED) is 0.403. The normalized spacial score (nSPS) is 22.6. The molecule has 2 aliphatic rings. The molecule has 0 heterocycles. The highest BCUT2D eigenvalue weighted by Crippen LogP contribution is 2.26. The molecule has 0 radical (unpaired) electrons. The summed E-state index contributed by atoms with van der Waals surface area (Å²) in [5, 5.41) is 0. The molecule has 2 aliphatic carbocycles. The SMILES string of the molecule is NCCC[SiH2]CC(OC1CCCCC1)OC1CCCCC1. The number of hydrogen-bond acceptors (Lipinski definition) is 3. The molecular weight excluding hydrogens is 278 g/mol. The molecule has 0 amide bonds. The lowest BCUT2D eigenvalue weighted by atomic mass is 9.97. The Morgan fingerprint density at radius 3 is 1.86 bits per heavy atom. The van der Waals surface area contributed by atoms with Gasteiger partial charge in [-0.2, -0.15) is 0 Å². The summed E-state index contributed by atoms with van der Waals surface area (Å²) in [7, 11) is -0.0702. The first-order valence-electron chi connectivity index (χ1n) is 9.39. The van der Waals surface area contributed by atoms with Crippen LogP contribution in [0.3, 0.4) is 0 Å². The van der Waals surface area contributed by atoms with Gasteiger partial charge in [0, 0.05) is 9.52 Å². The second kappa shape index (κ2) is 10.8. The molecule has 4 heteroatoms. The van der Waals surface area contributed by atoms with Crippen molar-refractivity contribution < 1.29 is 9.47 Å². The summed E-state index contributed by atoms with van der Waals surface area (Å²) in [5.41, 5.74) is 5.60. The van der Waals surface area contributed by atoms with Crippen LogP contribution in [0.25, 0.3) is 0 Å². The predicted molar refractivity (Wildman–Crippen MR) is 91.5 cm³/mol. The van der Waals surface area contributed by atoms with Gasteiger partial charge in [0.2, 0.25) is 0 Å². The van der Waals surface area contributed by atoms with E-state index < -0.39 is 0 Å². The molecule has 21 heavy (non-hydrogen) atoms. The Morgan fingerprint density at radius 2 is 1.38 bits per heavy atom. The van der Waals surface area contributed by atoms with E-state index in [1.54, 1.807) is 0 Å². The Balaban J connectivity index is 1.73. The van der Waals surface area contributed by atoms with Crippen LogP contribution in [0.2, 0.25) is 12.1 Å². The van der Waals surface area contributed by atoms with Crippen molar-refractivity contribution in [3.8, 4) is 0 Å². The summed E-state index contributed by atoms with van der Waals surface area (Å²) in [5.74, 6) is 0. The number of ether oxygens (including phenoxy) is 2. The van der Waals surface area contributed by atoms with Gasteiger partial charge in [-0.3, -0.25) is 0 Å². The Labute approximate surface area is 133 Å². The van der Waals surface area contributed by atoms with E-state index in [-0.39, 0.29) is 15.8 Å². The Bertz CT molecular complexity index is 233. The molecule has 0 aromatic rings. The van der Waals surface area contributed by atoms with Crippen LogP contribution in [0.1, 0.15) is 70.6 Å². The average Bonchev–Trinajstić information content (AvgIpc) is 2.53. The molecule has 0 aliphatic heterocycles. The summed E-state index contributed by atoms with van der Waals surface area (Å²) in [6.07, 6.45) is 15.3. The summed E-state index contributed by atoms with van der Waals surface area (Å²) in [4.78, 5) is 0. The summed E-state index contributed by atoms with van der Waals surface area (Å²) < 4.78 is 12.7. The maximum atomic E-state index is 6.36. The molecule has 0 spiro atoms. The molecule has 3 nitrogen and oxygen atoms in total. The largest absolute Gasteiger partial charge is 0.350 e. The van der Waals surface area contributed by atoms with Crippen molar-refractivity contribution in [3.63, 3.8) is 0 Å². The lowest BCUT2D eigenvalue weighted by molar-refractivity contribution is -0.193. The smallest absolute Gasteiger partial charge is 0.155 e. The van der Waals surface area contributed by atoms with E-state index >= 15 is 0 Å². The number of nitrogens with two attached hydrogens (primary N) is 1. The lowest BCUT2D eigenvalue weighted by Crippen LogP contribution is -2.31. The Kier molecular flexibility index (Phi) is 8.94. The van der Waals surface area contributed by atoms with Gasteiger partial charge in [-0.05, 0) is 44.7 Å². The van der Waals surface area contributed by atoms with E-state index in [2.05, 4.69) is 0 Å². The van der Waals surface area contributed by atoms with Crippen LogP contribution >= 0.6 is 0 Å². The van der Waals surface area contributed by atoms with Gasteiger partial charge < -0.3 is 15.2 Å². The first kappa shape index (κ1) is 17.5. The second-order valence-electron chi connectivity index (χ2n) is 6.86. The number of hydrogen-bond donors (Lipinski definition) is 1. The molecule has 0 unspecified atom stereocenters. The highest BCUT2D eigenvalue weighted by atomic mass is 28.2. The minimum atomic E-state index is -0.0702. The fraction of sp³-hybridized carbons (Fsp3) is 1.00. The van der Waals surface area contributed by atoms with Crippen molar-refractivity contribution in [2.75, 3.05) is 6.54 Å². The van der Waals surface area contributed by atoms with Crippen molar-refractivity contribution in [2.24, 2.45) is 5.73 Å². The zero-order valence-corrected chi connectivity index (χ0v) is 15.1. The third-order valence-electron chi connectivity index (χ3n) is 4.94. The minimum absolute atomic E-state index is 0.0702. The Hall–Kier alpha value is 0.0969. The lowest BCUT2D eigenvalue weighted by Gasteiger charge is -2.31. The average molecular weight is 314 g/mol. The van der Waals surface area contributed by atoms with E-state index in [1.165, 1.54) is 82.7 Å². The van der Waals surface area contributed by atoms with Gasteiger partial charge in [-0.15, -0.1) is 0 Å². The third-order valence-corrected chi connectivity index (χ3v) is 6.82. The molecule has 2 rings (SSSR count). The van der Waals surface area contributed by atoms with Crippen LogP contribution in [-0.2, 0) is 9.47 Å². The van der Waals surface area contributed by atoms with Crippen LogP contribution in [0, 0.1) is 0 Å². The van der Waals surface area contributed by atoms with E-state index in [0.29, 0.717) is 12.2 Å². The van der Waals surface area contributed by atoms with E-state index in [9.17, 15) is 0 Å². The Morgan fingerprint density at radius 1 is 0.857 bits per heavy atom. The fourth-order valence-electron chi connectivity index (χ4n) is 3.63. The summed E-state index contributed by atoms with van der Waals surface area (Å²) >= 11 is 0. The van der Waals surface area contributed by atoms with Gasteiger partial charge >= 0.3 is 0 Å². The fourth-order valence-corrected chi connectivity index (χ4v) is 5.17. The molecule has 0 aromatic carbocycles. The summed E-state index contributed by atoms with van der Waals surface area (Å²) in [6, 6.07) is 2.53. The molecule has 0 saturated heterocycles. The van der Waals surface area contributed by atoms with Gasteiger partial charge in [0.1, 0.15) is 0 Å². The highest BCUT2D eigenvalue weighted by molar-refractivity contribution is 6.35.